The van der Waals surface area contributed by atoms with Gasteiger partial charge >= 0.3 is 31.3 Å². The SMILES string of the molecule is C=Cc1c(OS(=O)(=O)C(F)(F)F)cc2c(c1C=C)c1ccc(OS(=O)(=O)C(F)(F)F)cc1n2-c1ccccc1. The van der Waals surface area contributed by atoms with Gasteiger partial charge in [0.2, 0.25) is 0 Å². The summed E-state index contributed by atoms with van der Waals surface area (Å²) in [6.07, 6.45) is 2.26. The summed E-state index contributed by atoms with van der Waals surface area (Å²) >= 11 is 0. The molecule has 4 rings (SSSR count). The van der Waals surface area contributed by atoms with E-state index in [1.54, 1.807) is 30.3 Å². The minimum atomic E-state index is -6.11. The van der Waals surface area contributed by atoms with Crippen molar-refractivity contribution in [3.63, 3.8) is 0 Å². The highest BCUT2D eigenvalue weighted by Crippen LogP contribution is 2.43. The normalized spacial score (nSPS) is 13.0. The van der Waals surface area contributed by atoms with Gasteiger partial charge in [-0.3, -0.25) is 0 Å². The monoisotopic (exact) mass is 591 g/mol. The Balaban J connectivity index is 2.13. The number of rotatable bonds is 7. The highest BCUT2D eigenvalue weighted by Gasteiger charge is 2.49. The van der Waals surface area contributed by atoms with Crippen molar-refractivity contribution in [2.75, 3.05) is 0 Å². The third kappa shape index (κ3) is 4.83. The fraction of sp³-hybridized carbons (Fsp3) is 0.0833. The molecular weight excluding hydrogens is 576 g/mol. The lowest BCUT2D eigenvalue weighted by Crippen LogP contribution is -2.28. The van der Waals surface area contributed by atoms with Gasteiger partial charge in [0.25, 0.3) is 0 Å². The molecule has 0 unspecified atom stereocenters. The second kappa shape index (κ2) is 9.34. The Morgan fingerprint density at radius 3 is 1.82 bits per heavy atom. The van der Waals surface area contributed by atoms with E-state index in [0.717, 1.165) is 24.3 Å². The van der Waals surface area contributed by atoms with Crippen molar-refractivity contribution in [3.05, 3.63) is 78.9 Å². The van der Waals surface area contributed by atoms with Crippen molar-refractivity contribution in [2.24, 2.45) is 0 Å². The second-order valence-corrected chi connectivity index (χ2v) is 10.9. The summed E-state index contributed by atoms with van der Waals surface area (Å²) in [7, 11) is -12.1. The number of fused-ring (bicyclic) bond motifs is 3. The molecule has 39 heavy (non-hydrogen) atoms. The van der Waals surface area contributed by atoms with Gasteiger partial charge in [-0.1, -0.05) is 43.5 Å². The summed E-state index contributed by atoms with van der Waals surface area (Å²) in [5.74, 6) is -1.46. The summed E-state index contributed by atoms with van der Waals surface area (Å²) in [4.78, 5) is 0. The zero-order chi connectivity index (χ0) is 29.0. The molecule has 3 aromatic carbocycles. The fourth-order valence-corrected chi connectivity index (χ4v) is 4.83. The molecule has 0 spiro atoms. The first kappa shape index (κ1) is 28.0. The van der Waals surface area contributed by atoms with Crippen LogP contribution in [0.15, 0.2) is 67.8 Å². The maximum absolute atomic E-state index is 13.1. The molecule has 1 heterocycles. The molecule has 0 radical (unpaired) electrons. The van der Waals surface area contributed by atoms with E-state index in [4.69, 9.17) is 0 Å². The average molecular weight is 592 g/mol. The molecule has 0 N–H and O–H groups in total. The van der Waals surface area contributed by atoms with Crippen molar-refractivity contribution < 1.29 is 51.5 Å². The summed E-state index contributed by atoms with van der Waals surface area (Å²) in [6, 6.07) is 12.1. The largest absolute Gasteiger partial charge is 0.534 e. The van der Waals surface area contributed by atoms with Crippen molar-refractivity contribution in [1.29, 1.82) is 0 Å². The molecule has 0 fully saturated rings. The van der Waals surface area contributed by atoms with E-state index in [2.05, 4.69) is 21.5 Å². The molecule has 0 aliphatic heterocycles. The highest BCUT2D eigenvalue weighted by molar-refractivity contribution is 7.88. The summed E-state index contributed by atoms with van der Waals surface area (Å²) in [5, 5.41) is 0.564. The number of halogens is 6. The predicted octanol–water partition coefficient (Wildman–Crippen LogP) is 6.53. The van der Waals surface area contributed by atoms with Gasteiger partial charge in [-0.05, 0) is 29.8 Å². The van der Waals surface area contributed by atoms with Gasteiger partial charge in [-0.15, -0.1) is 0 Å². The number of para-hydroxylation sites is 1. The summed E-state index contributed by atoms with van der Waals surface area (Å²) < 4.78 is 135. The first-order chi connectivity index (χ1) is 18.0. The molecule has 0 saturated heterocycles. The molecule has 0 saturated carbocycles. The van der Waals surface area contributed by atoms with E-state index in [1.807, 2.05) is 0 Å². The van der Waals surface area contributed by atoms with Crippen LogP contribution in [0.25, 0.3) is 39.6 Å². The van der Waals surface area contributed by atoms with Gasteiger partial charge in [0.15, 0.2) is 5.75 Å². The highest BCUT2D eigenvalue weighted by atomic mass is 32.2. The van der Waals surface area contributed by atoms with Crippen LogP contribution < -0.4 is 8.37 Å². The van der Waals surface area contributed by atoms with Crippen LogP contribution in [-0.2, 0) is 20.2 Å². The maximum atomic E-state index is 13.1. The number of hydrogen-bond acceptors (Lipinski definition) is 6. The zero-order valence-electron chi connectivity index (χ0n) is 19.2. The van der Waals surface area contributed by atoms with E-state index >= 15 is 0 Å². The average Bonchev–Trinajstić information content (AvgIpc) is 3.14. The minimum Gasteiger partial charge on any atom is -0.376 e. The maximum Gasteiger partial charge on any atom is 0.534 e. The third-order valence-corrected chi connectivity index (χ3v) is 7.41. The number of aromatic nitrogens is 1. The number of benzene rings is 3. The van der Waals surface area contributed by atoms with Crippen LogP contribution in [-0.4, -0.2) is 32.4 Å². The first-order valence-electron chi connectivity index (χ1n) is 10.5. The standard InChI is InChI=1S/C24H15F6NO6S2/c1-3-16-17(4-2)22-18-11-10-15(36-38(32,33)23(25,26)27)12-19(18)31(14-8-6-5-7-9-14)20(22)13-21(16)37-39(34,35)24(28,29)30/h3-13H,1-2H2. The van der Waals surface area contributed by atoms with Gasteiger partial charge in [0, 0.05) is 34.2 Å². The van der Waals surface area contributed by atoms with E-state index in [-0.39, 0.29) is 32.9 Å². The van der Waals surface area contributed by atoms with Gasteiger partial charge in [-0.25, -0.2) is 0 Å². The lowest BCUT2D eigenvalue weighted by atomic mass is 9.99. The van der Waals surface area contributed by atoms with Crippen LogP contribution in [0, 0.1) is 0 Å². The van der Waals surface area contributed by atoms with E-state index < -0.39 is 42.8 Å². The fourth-order valence-electron chi connectivity index (χ4n) is 3.91. The zero-order valence-corrected chi connectivity index (χ0v) is 20.9. The lowest BCUT2D eigenvalue weighted by Gasteiger charge is -2.15. The number of nitrogens with zero attached hydrogens (tertiary/aromatic N) is 1. The van der Waals surface area contributed by atoms with Crippen molar-refractivity contribution in [2.45, 2.75) is 11.0 Å². The minimum absolute atomic E-state index is 0.0555. The Morgan fingerprint density at radius 2 is 1.28 bits per heavy atom. The predicted molar refractivity (Wildman–Crippen MR) is 132 cm³/mol. The molecule has 0 amide bonds. The van der Waals surface area contributed by atoms with Crippen molar-refractivity contribution >= 4 is 54.2 Å². The summed E-state index contributed by atoms with van der Waals surface area (Å²) in [6.45, 7) is 7.16. The second-order valence-electron chi connectivity index (χ2n) is 7.82. The van der Waals surface area contributed by atoms with Gasteiger partial charge in [-0.2, -0.15) is 43.2 Å². The van der Waals surface area contributed by atoms with Crippen LogP contribution in [0.5, 0.6) is 11.5 Å². The molecular formula is C24H15F6NO6S2. The van der Waals surface area contributed by atoms with Crippen LogP contribution >= 0.6 is 0 Å². The van der Waals surface area contributed by atoms with Gasteiger partial charge in [0.1, 0.15) is 5.75 Å². The topological polar surface area (TPSA) is 91.7 Å². The Labute approximate surface area is 217 Å². The van der Waals surface area contributed by atoms with E-state index in [1.165, 1.54) is 16.7 Å². The van der Waals surface area contributed by atoms with Gasteiger partial charge < -0.3 is 12.9 Å². The van der Waals surface area contributed by atoms with Gasteiger partial charge in [0.05, 0.1) is 11.0 Å². The van der Waals surface area contributed by atoms with E-state index in [0.29, 0.717) is 5.69 Å². The Hall–Kier alpha value is -3.98. The Kier molecular flexibility index (Phi) is 6.71. The van der Waals surface area contributed by atoms with Crippen molar-refractivity contribution in [1.82, 2.24) is 4.57 Å². The Morgan fingerprint density at radius 1 is 0.718 bits per heavy atom. The molecule has 1 aromatic heterocycles. The van der Waals surface area contributed by atoms with Crippen LogP contribution in [0.2, 0.25) is 0 Å². The number of hydrogen-bond donors (Lipinski definition) is 0. The molecule has 0 aliphatic carbocycles. The molecule has 0 atom stereocenters. The van der Waals surface area contributed by atoms with Crippen LogP contribution in [0.4, 0.5) is 26.3 Å². The molecule has 206 valence electrons. The molecule has 15 heteroatoms. The molecule has 4 aromatic rings. The smallest absolute Gasteiger partial charge is 0.376 e. The van der Waals surface area contributed by atoms with Crippen molar-refractivity contribution in [3.8, 4) is 17.2 Å². The first-order valence-corrected chi connectivity index (χ1v) is 13.3. The lowest BCUT2D eigenvalue weighted by molar-refractivity contribution is -0.0504. The van der Waals surface area contributed by atoms with E-state index in [9.17, 15) is 43.2 Å². The third-order valence-electron chi connectivity index (χ3n) is 5.46. The Bertz CT molecular complexity index is 1840. The van der Waals surface area contributed by atoms with Crippen LogP contribution in [0.1, 0.15) is 11.1 Å². The molecule has 0 bridgehead atoms. The molecule has 0 aliphatic rings. The molecule has 7 nitrogen and oxygen atoms in total. The quantitative estimate of drug-likeness (QED) is 0.138. The van der Waals surface area contributed by atoms with Crippen LogP contribution in [0.3, 0.4) is 0 Å². The number of alkyl halides is 6. The summed E-state index contributed by atoms with van der Waals surface area (Å²) in [5.41, 5.74) is -11.1.